The molecule has 0 unspecified atom stereocenters. The largest absolute Gasteiger partial charge is 0.390 e. The Kier molecular flexibility index (Phi) is 2.52. The first-order valence-electron chi connectivity index (χ1n) is 5.20. The topological polar surface area (TPSA) is 52.5 Å². The summed E-state index contributed by atoms with van der Waals surface area (Å²) in [6.45, 7) is 2.32. The van der Waals surface area contributed by atoms with Crippen molar-refractivity contribution in [3.63, 3.8) is 0 Å². The Morgan fingerprint density at radius 2 is 2.14 bits per heavy atom. The van der Waals surface area contributed by atoms with Gasteiger partial charge >= 0.3 is 0 Å². The van der Waals surface area contributed by atoms with Gasteiger partial charge in [-0.1, -0.05) is 0 Å². The van der Waals surface area contributed by atoms with Crippen LogP contribution in [0.5, 0.6) is 0 Å². The van der Waals surface area contributed by atoms with Crippen LogP contribution in [0.1, 0.15) is 26.2 Å². The molecule has 3 nitrogen and oxygen atoms in total. The van der Waals surface area contributed by atoms with E-state index in [1.807, 2.05) is 0 Å². The number of hydrogen-bond donors (Lipinski definition) is 3. The van der Waals surface area contributed by atoms with Crippen LogP contribution in [0, 0.1) is 17.8 Å². The fourth-order valence-corrected chi connectivity index (χ4v) is 2.37. The van der Waals surface area contributed by atoms with Gasteiger partial charge in [-0.25, -0.2) is 0 Å². The van der Waals surface area contributed by atoms with Gasteiger partial charge in [-0.05, 0) is 19.8 Å². The van der Waals surface area contributed by atoms with Gasteiger partial charge in [-0.3, -0.25) is 0 Å². The molecule has 1 heterocycles. The van der Waals surface area contributed by atoms with Crippen LogP contribution in [-0.2, 0) is 0 Å². The summed E-state index contributed by atoms with van der Waals surface area (Å²) < 4.78 is 0. The lowest BCUT2D eigenvalue weighted by Crippen LogP contribution is -2.57. The van der Waals surface area contributed by atoms with E-state index < -0.39 is 12.2 Å². The zero-order valence-electron chi connectivity index (χ0n) is 8.45. The van der Waals surface area contributed by atoms with Crippen LogP contribution in [0.2, 0.25) is 0 Å². The molecule has 2 rings (SSSR count). The highest BCUT2D eigenvalue weighted by Crippen LogP contribution is 2.47. The summed E-state index contributed by atoms with van der Waals surface area (Å²) >= 11 is 0. The molecule has 0 bridgehead atoms. The maximum Gasteiger partial charge on any atom is 0.0927 e. The van der Waals surface area contributed by atoms with Gasteiger partial charge in [-0.15, -0.1) is 11.8 Å². The zero-order valence-corrected chi connectivity index (χ0v) is 8.45. The number of rotatable bonds is 1. The Balaban J connectivity index is 2.09. The second-order valence-corrected chi connectivity index (χ2v) is 4.33. The van der Waals surface area contributed by atoms with Gasteiger partial charge in [0.1, 0.15) is 0 Å². The highest BCUT2D eigenvalue weighted by molar-refractivity contribution is 5.16. The Hall–Kier alpha value is -0.560. The molecular formula is C11H17NO2. The van der Waals surface area contributed by atoms with Crippen LogP contribution in [0.25, 0.3) is 0 Å². The normalized spacial score (nSPS) is 38.9. The van der Waals surface area contributed by atoms with E-state index in [0.717, 1.165) is 12.8 Å². The Labute approximate surface area is 84.5 Å². The first-order valence-corrected chi connectivity index (χ1v) is 5.20. The van der Waals surface area contributed by atoms with Crippen molar-refractivity contribution in [1.82, 2.24) is 5.32 Å². The summed E-state index contributed by atoms with van der Waals surface area (Å²) in [5.41, 5.74) is 0.0858. The van der Waals surface area contributed by atoms with E-state index in [9.17, 15) is 10.2 Å². The number of nitrogens with one attached hydrogen (secondary N) is 1. The molecule has 14 heavy (non-hydrogen) atoms. The summed E-state index contributed by atoms with van der Waals surface area (Å²) in [7, 11) is 0. The van der Waals surface area contributed by atoms with Crippen LogP contribution < -0.4 is 5.32 Å². The van der Waals surface area contributed by atoms with Crippen LogP contribution >= 0.6 is 0 Å². The molecule has 1 spiro atoms. The number of hydrogen-bond acceptors (Lipinski definition) is 3. The summed E-state index contributed by atoms with van der Waals surface area (Å²) in [5, 5.41) is 22.8. The molecule has 78 valence electrons. The SMILES string of the molecule is CC#CC[C@@H]1[C@@H](O)[C@H](O)CNC12CC2. The van der Waals surface area contributed by atoms with Crippen molar-refractivity contribution in [3.8, 4) is 11.8 Å². The molecule has 0 radical (unpaired) electrons. The first kappa shape index (κ1) is 9.97. The minimum Gasteiger partial charge on any atom is -0.390 e. The van der Waals surface area contributed by atoms with Crippen molar-refractivity contribution in [2.24, 2.45) is 5.92 Å². The van der Waals surface area contributed by atoms with E-state index in [2.05, 4.69) is 17.2 Å². The number of β-amino-alcohol motifs (C(OH)–C–C–N with tert-alkyl or cyclic N) is 1. The van der Waals surface area contributed by atoms with Crippen molar-refractivity contribution in [3.05, 3.63) is 0 Å². The average molecular weight is 195 g/mol. The van der Waals surface area contributed by atoms with Gasteiger partial charge in [0.2, 0.25) is 0 Å². The maximum atomic E-state index is 9.88. The molecule has 0 amide bonds. The highest BCUT2D eigenvalue weighted by Gasteiger charge is 2.55. The molecule has 3 atom stereocenters. The third kappa shape index (κ3) is 1.54. The monoisotopic (exact) mass is 195 g/mol. The lowest BCUT2D eigenvalue weighted by molar-refractivity contribution is -0.0554. The molecular weight excluding hydrogens is 178 g/mol. The number of piperidine rings is 1. The van der Waals surface area contributed by atoms with Crippen LogP contribution in [0.4, 0.5) is 0 Å². The third-order valence-corrected chi connectivity index (χ3v) is 3.47. The quantitative estimate of drug-likeness (QED) is 0.511. The van der Waals surface area contributed by atoms with Gasteiger partial charge < -0.3 is 15.5 Å². The lowest BCUT2D eigenvalue weighted by atomic mass is 9.82. The van der Waals surface area contributed by atoms with Gasteiger partial charge in [0.15, 0.2) is 0 Å². The lowest BCUT2D eigenvalue weighted by Gasteiger charge is -2.39. The molecule has 2 aliphatic rings. The van der Waals surface area contributed by atoms with E-state index in [-0.39, 0.29) is 11.5 Å². The molecule has 1 saturated carbocycles. The average Bonchev–Trinajstić information content (AvgIpc) is 2.94. The minimum absolute atomic E-state index is 0.0858. The van der Waals surface area contributed by atoms with E-state index in [4.69, 9.17) is 0 Å². The highest BCUT2D eigenvalue weighted by atomic mass is 16.3. The van der Waals surface area contributed by atoms with Crippen LogP contribution in [-0.4, -0.2) is 34.5 Å². The minimum atomic E-state index is -0.634. The molecule has 0 aromatic rings. The molecule has 2 fully saturated rings. The van der Waals surface area contributed by atoms with Crippen LogP contribution in [0.3, 0.4) is 0 Å². The molecule has 1 aliphatic carbocycles. The van der Waals surface area contributed by atoms with E-state index in [1.165, 1.54) is 0 Å². The van der Waals surface area contributed by atoms with Crippen molar-refractivity contribution >= 4 is 0 Å². The summed E-state index contributed by atoms with van der Waals surface area (Å²) in [6.07, 6.45) is 1.64. The fraction of sp³-hybridized carbons (Fsp3) is 0.818. The molecule has 3 N–H and O–H groups in total. The second kappa shape index (κ2) is 3.54. The summed E-state index contributed by atoms with van der Waals surface area (Å²) in [6, 6.07) is 0. The van der Waals surface area contributed by atoms with Crippen molar-refractivity contribution in [1.29, 1.82) is 0 Å². The van der Waals surface area contributed by atoms with Gasteiger partial charge in [0.05, 0.1) is 12.2 Å². The van der Waals surface area contributed by atoms with Gasteiger partial charge in [0.25, 0.3) is 0 Å². The van der Waals surface area contributed by atoms with E-state index >= 15 is 0 Å². The second-order valence-electron chi connectivity index (χ2n) is 4.33. The Morgan fingerprint density at radius 1 is 1.43 bits per heavy atom. The summed E-state index contributed by atoms with van der Waals surface area (Å²) in [5.74, 6) is 5.94. The van der Waals surface area contributed by atoms with Gasteiger partial charge in [0, 0.05) is 24.4 Å². The molecule has 0 aromatic heterocycles. The standard InChI is InChI=1S/C11H17NO2/c1-2-3-4-8-10(14)9(13)7-12-11(8)5-6-11/h8-10,12-14H,4-7H2,1H3/t8-,9-,10-/m1/s1. The van der Waals surface area contributed by atoms with Crippen molar-refractivity contribution < 1.29 is 10.2 Å². The van der Waals surface area contributed by atoms with E-state index in [0.29, 0.717) is 13.0 Å². The van der Waals surface area contributed by atoms with Crippen LogP contribution in [0.15, 0.2) is 0 Å². The Morgan fingerprint density at radius 3 is 2.71 bits per heavy atom. The number of aliphatic hydroxyl groups is 2. The number of aliphatic hydroxyl groups excluding tert-OH is 2. The first-order chi connectivity index (χ1) is 6.69. The fourth-order valence-electron chi connectivity index (χ4n) is 2.37. The molecule has 0 aromatic carbocycles. The molecule has 3 heteroatoms. The zero-order chi connectivity index (χ0) is 10.2. The predicted octanol–water partition coefficient (Wildman–Crippen LogP) is -0.126. The Bertz CT molecular complexity index is 275. The maximum absolute atomic E-state index is 9.88. The smallest absolute Gasteiger partial charge is 0.0927 e. The van der Waals surface area contributed by atoms with E-state index in [1.54, 1.807) is 6.92 Å². The van der Waals surface area contributed by atoms with Crippen molar-refractivity contribution in [2.45, 2.75) is 43.9 Å². The van der Waals surface area contributed by atoms with Crippen molar-refractivity contribution in [2.75, 3.05) is 6.54 Å². The predicted molar refractivity (Wildman–Crippen MR) is 53.5 cm³/mol. The summed E-state index contributed by atoms with van der Waals surface area (Å²) in [4.78, 5) is 0. The molecule has 1 aliphatic heterocycles. The molecule has 1 saturated heterocycles. The third-order valence-electron chi connectivity index (χ3n) is 3.47. The van der Waals surface area contributed by atoms with Gasteiger partial charge in [-0.2, -0.15) is 0 Å².